The van der Waals surface area contributed by atoms with Crippen molar-refractivity contribution >= 4 is 23.8 Å². The summed E-state index contributed by atoms with van der Waals surface area (Å²) in [4.78, 5) is 53.3. The normalized spacial score (nSPS) is 15.2. The fourth-order valence-electron chi connectivity index (χ4n) is 4.16. The summed E-state index contributed by atoms with van der Waals surface area (Å²) in [6.07, 6.45) is 2.85. The Morgan fingerprint density at radius 3 is 2.43 bits per heavy atom. The number of primary amides is 1. The second kappa shape index (κ2) is 13.3. The molecule has 2 atom stereocenters. The number of rotatable bonds is 12. The lowest BCUT2D eigenvalue weighted by Gasteiger charge is -2.43. The van der Waals surface area contributed by atoms with Crippen molar-refractivity contribution in [3.63, 3.8) is 0 Å². The number of alkyl carbamates (subject to hydrolysis) is 1. The highest BCUT2D eigenvalue weighted by Crippen LogP contribution is 2.38. The molecular formula is C27H42N4O6. The van der Waals surface area contributed by atoms with Crippen LogP contribution in [0.4, 0.5) is 4.79 Å². The summed E-state index contributed by atoms with van der Waals surface area (Å²) in [6.45, 7) is 9.25. The van der Waals surface area contributed by atoms with Crippen LogP contribution in [0.15, 0.2) is 18.2 Å². The van der Waals surface area contributed by atoms with Gasteiger partial charge in [0.2, 0.25) is 17.7 Å². The van der Waals surface area contributed by atoms with Crippen LogP contribution in [0, 0.1) is 6.92 Å². The second-order valence-corrected chi connectivity index (χ2v) is 10.6. The largest absolute Gasteiger partial charge is 0.507 e. The molecule has 0 spiro atoms. The van der Waals surface area contributed by atoms with Gasteiger partial charge in [-0.15, -0.1) is 0 Å². The predicted molar refractivity (Wildman–Crippen MR) is 140 cm³/mol. The van der Waals surface area contributed by atoms with E-state index in [4.69, 9.17) is 10.5 Å². The number of aromatic hydroxyl groups is 1. The first-order valence-corrected chi connectivity index (χ1v) is 13.0. The molecule has 4 amide bonds. The number of phenols is 1. The van der Waals surface area contributed by atoms with Gasteiger partial charge >= 0.3 is 6.09 Å². The number of nitrogens with two attached hydrogens (primary N) is 1. The first-order chi connectivity index (χ1) is 17.4. The Bertz CT molecular complexity index is 970. The Morgan fingerprint density at radius 1 is 1.22 bits per heavy atom. The van der Waals surface area contributed by atoms with Crippen molar-refractivity contribution < 1.29 is 29.0 Å². The molecule has 37 heavy (non-hydrogen) atoms. The Hall–Kier alpha value is -3.30. The highest BCUT2D eigenvalue weighted by atomic mass is 16.6. The van der Waals surface area contributed by atoms with E-state index in [0.29, 0.717) is 30.5 Å². The number of benzene rings is 1. The zero-order valence-electron chi connectivity index (χ0n) is 22.6. The highest BCUT2D eigenvalue weighted by molar-refractivity contribution is 5.93. The molecule has 1 saturated carbocycles. The summed E-state index contributed by atoms with van der Waals surface area (Å²) in [6, 6.07) is 2.53. The maximum absolute atomic E-state index is 14.1. The highest BCUT2D eigenvalue weighted by Gasteiger charge is 2.42. The van der Waals surface area contributed by atoms with E-state index in [0.717, 1.165) is 19.3 Å². The summed E-state index contributed by atoms with van der Waals surface area (Å²) in [5.74, 6) is -1.64. The maximum atomic E-state index is 14.1. The van der Waals surface area contributed by atoms with Gasteiger partial charge in [-0.25, -0.2) is 4.79 Å². The lowest BCUT2D eigenvalue weighted by Crippen LogP contribution is -2.57. The van der Waals surface area contributed by atoms with Crippen LogP contribution in [0.1, 0.15) is 89.8 Å². The zero-order chi connectivity index (χ0) is 27.8. The third-order valence-electron chi connectivity index (χ3n) is 6.31. The summed E-state index contributed by atoms with van der Waals surface area (Å²) in [5, 5.41) is 16.4. The van der Waals surface area contributed by atoms with E-state index in [1.807, 2.05) is 6.92 Å². The molecule has 5 N–H and O–H groups in total. The molecular weight excluding hydrogens is 476 g/mol. The van der Waals surface area contributed by atoms with Gasteiger partial charge < -0.3 is 31.1 Å². The van der Waals surface area contributed by atoms with Crippen molar-refractivity contribution in [1.29, 1.82) is 0 Å². The van der Waals surface area contributed by atoms with Gasteiger partial charge in [-0.3, -0.25) is 14.4 Å². The molecule has 1 aliphatic carbocycles. The van der Waals surface area contributed by atoms with Crippen LogP contribution in [0.2, 0.25) is 0 Å². The lowest BCUT2D eigenvalue weighted by atomic mass is 9.87. The standard InChI is InChI=1S/C27H42N4O6/c1-6-7-16-29-24(34)22(19-13-8-10-17(2)23(19)33)31(18-11-9-12-18)25(35)20(14-15-21(28)32)30-26(36)37-27(3,4)5/h8,10,13,18,20,22,33H,6-7,9,11-12,14-16H2,1-5H3,(H2,28,32)(H,29,34)(H,30,36). The van der Waals surface area contributed by atoms with E-state index in [1.54, 1.807) is 45.9 Å². The maximum Gasteiger partial charge on any atom is 0.408 e. The summed E-state index contributed by atoms with van der Waals surface area (Å²) in [7, 11) is 0. The van der Waals surface area contributed by atoms with Crippen LogP contribution in [0.5, 0.6) is 5.75 Å². The molecule has 0 saturated heterocycles. The van der Waals surface area contributed by atoms with Gasteiger partial charge in [0, 0.05) is 24.6 Å². The van der Waals surface area contributed by atoms with Crippen LogP contribution in [0.3, 0.4) is 0 Å². The molecule has 1 aliphatic rings. The molecule has 2 rings (SSSR count). The molecule has 2 unspecified atom stereocenters. The van der Waals surface area contributed by atoms with E-state index in [2.05, 4.69) is 10.6 Å². The van der Waals surface area contributed by atoms with Crippen molar-refractivity contribution in [2.75, 3.05) is 6.54 Å². The third kappa shape index (κ3) is 8.65. The van der Waals surface area contributed by atoms with Crippen molar-refractivity contribution in [3.8, 4) is 5.75 Å². The molecule has 0 aliphatic heterocycles. The second-order valence-electron chi connectivity index (χ2n) is 10.6. The van der Waals surface area contributed by atoms with E-state index in [1.165, 1.54) is 4.90 Å². The lowest BCUT2D eigenvalue weighted by molar-refractivity contribution is -0.147. The topological polar surface area (TPSA) is 151 Å². The molecule has 206 valence electrons. The molecule has 1 aromatic carbocycles. The number of nitrogens with one attached hydrogen (secondary N) is 2. The summed E-state index contributed by atoms with van der Waals surface area (Å²) < 4.78 is 5.34. The zero-order valence-corrected chi connectivity index (χ0v) is 22.6. The monoisotopic (exact) mass is 518 g/mol. The van der Waals surface area contributed by atoms with Crippen molar-refractivity contribution in [1.82, 2.24) is 15.5 Å². The minimum absolute atomic E-state index is 0.0550. The van der Waals surface area contributed by atoms with Gasteiger partial charge in [0.1, 0.15) is 23.4 Å². The number of carbonyl (C=O) groups excluding carboxylic acids is 4. The minimum Gasteiger partial charge on any atom is -0.507 e. The number of nitrogens with zero attached hydrogens (tertiary/aromatic N) is 1. The first kappa shape index (κ1) is 29.9. The number of hydrogen-bond acceptors (Lipinski definition) is 6. The molecule has 1 aromatic rings. The van der Waals surface area contributed by atoms with Gasteiger partial charge in [-0.2, -0.15) is 0 Å². The number of hydrogen-bond donors (Lipinski definition) is 4. The van der Waals surface area contributed by atoms with Crippen molar-refractivity contribution in [2.45, 2.75) is 103 Å². The number of ether oxygens (including phenoxy) is 1. The Labute approximate surface area is 219 Å². The molecule has 1 fully saturated rings. The predicted octanol–water partition coefficient (Wildman–Crippen LogP) is 3.20. The molecule has 10 nitrogen and oxygen atoms in total. The van der Waals surface area contributed by atoms with Gasteiger partial charge in [0.15, 0.2) is 0 Å². The van der Waals surface area contributed by atoms with Crippen LogP contribution in [-0.4, -0.2) is 58.1 Å². The molecule has 10 heteroatoms. The Kier molecular flexibility index (Phi) is 10.8. The SMILES string of the molecule is CCCCNC(=O)C(c1cccc(C)c1O)N(C(=O)C(CCC(N)=O)NC(=O)OC(C)(C)C)C1CCC1. The van der Waals surface area contributed by atoms with E-state index < -0.39 is 41.5 Å². The van der Waals surface area contributed by atoms with Gasteiger partial charge in [0.05, 0.1) is 0 Å². The fourth-order valence-corrected chi connectivity index (χ4v) is 4.16. The number of unbranched alkanes of at least 4 members (excludes halogenated alkanes) is 1. The van der Waals surface area contributed by atoms with Gasteiger partial charge in [-0.1, -0.05) is 31.5 Å². The molecule has 0 radical (unpaired) electrons. The van der Waals surface area contributed by atoms with Gasteiger partial charge in [-0.05, 0) is 65.4 Å². The van der Waals surface area contributed by atoms with E-state index in [-0.39, 0.29) is 24.6 Å². The number of aryl methyl sites for hydroxylation is 1. The summed E-state index contributed by atoms with van der Waals surface area (Å²) >= 11 is 0. The average molecular weight is 519 g/mol. The molecule has 0 bridgehead atoms. The van der Waals surface area contributed by atoms with Gasteiger partial charge in [0.25, 0.3) is 0 Å². The first-order valence-electron chi connectivity index (χ1n) is 13.0. The quantitative estimate of drug-likeness (QED) is 0.312. The average Bonchev–Trinajstić information content (AvgIpc) is 2.76. The van der Waals surface area contributed by atoms with Crippen LogP contribution < -0.4 is 16.4 Å². The number of amides is 4. The van der Waals surface area contributed by atoms with Crippen LogP contribution in [-0.2, 0) is 19.1 Å². The van der Waals surface area contributed by atoms with Crippen molar-refractivity contribution in [2.24, 2.45) is 5.73 Å². The Morgan fingerprint density at radius 2 is 1.89 bits per heavy atom. The van der Waals surface area contributed by atoms with Crippen LogP contribution >= 0.6 is 0 Å². The Balaban J connectivity index is 2.51. The number of para-hydroxylation sites is 1. The van der Waals surface area contributed by atoms with Crippen molar-refractivity contribution in [3.05, 3.63) is 29.3 Å². The third-order valence-corrected chi connectivity index (χ3v) is 6.31. The summed E-state index contributed by atoms with van der Waals surface area (Å²) in [5.41, 5.74) is 5.42. The number of phenolic OH excluding ortho intramolecular Hbond substituents is 1. The van der Waals surface area contributed by atoms with E-state index in [9.17, 15) is 24.3 Å². The fraction of sp³-hybridized carbons (Fsp3) is 0.630. The number of carbonyl (C=O) groups is 4. The molecule has 0 aromatic heterocycles. The smallest absolute Gasteiger partial charge is 0.408 e. The van der Waals surface area contributed by atoms with Crippen LogP contribution in [0.25, 0.3) is 0 Å². The molecule has 0 heterocycles. The minimum atomic E-state index is -1.15. The van der Waals surface area contributed by atoms with E-state index >= 15 is 0 Å².